The summed E-state index contributed by atoms with van der Waals surface area (Å²) in [5.74, 6) is 0. The third kappa shape index (κ3) is 3.48. The summed E-state index contributed by atoms with van der Waals surface area (Å²) in [5.41, 5.74) is 8.57. The minimum Gasteiger partial charge on any atom is -0.396 e. The zero-order valence-electron chi connectivity index (χ0n) is 11.9. The van der Waals surface area contributed by atoms with E-state index in [1.807, 2.05) is 0 Å². The molecule has 3 heteroatoms. The standard InChI is InChI=1S/C16H26N2O/c1-2-16(17)13-7-9-15(10-8-13)18-11-3-5-14(18)6-4-12-19/h7-10,14,16,19H,2-6,11-12,17H2,1H3/t14?,16-/m0/s1. The molecule has 0 aliphatic carbocycles. The molecule has 0 amide bonds. The van der Waals surface area contributed by atoms with E-state index in [9.17, 15) is 0 Å². The summed E-state index contributed by atoms with van der Waals surface area (Å²) >= 11 is 0. The highest BCUT2D eigenvalue weighted by atomic mass is 16.2. The lowest BCUT2D eigenvalue weighted by Crippen LogP contribution is -2.29. The van der Waals surface area contributed by atoms with Crippen molar-refractivity contribution in [2.24, 2.45) is 5.73 Å². The molecule has 1 saturated heterocycles. The Balaban J connectivity index is 2.04. The molecular weight excluding hydrogens is 236 g/mol. The number of benzene rings is 1. The van der Waals surface area contributed by atoms with E-state index in [0.29, 0.717) is 12.6 Å². The Hall–Kier alpha value is -1.06. The summed E-state index contributed by atoms with van der Waals surface area (Å²) in [7, 11) is 0. The van der Waals surface area contributed by atoms with E-state index in [1.54, 1.807) is 0 Å². The van der Waals surface area contributed by atoms with Gasteiger partial charge in [0.1, 0.15) is 0 Å². The van der Waals surface area contributed by atoms with Crippen molar-refractivity contribution in [3.8, 4) is 0 Å². The summed E-state index contributed by atoms with van der Waals surface area (Å²) in [6.07, 6.45) is 5.47. The van der Waals surface area contributed by atoms with Gasteiger partial charge in [0.25, 0.3) is 0 Å². The van der Waals surface area contributed by atoms with Crippen LogP contribution < -0.4 is 10.6 Å². The fourth-order valence-corrected chi connectivity index (χ4v) is 2.95. The van der Waals surface area contributed by atoms with Crippen molar-refractivity contribution in [3.63, 3.8) is 0 Å². The largest absolute Gasteiger partial charge is 0.396 e. The highest BCUT2D eigenvalue weighted by Gasteiger charge is 2.24. The van der Waals surface area contributed by atoms with Gasteiger partial charge in [0.2, 0.25) is 0 Å². The van der Waals surface area contributed by atoms with Gasteiger partial charge in [0.15, 0.2) is 0 Å². The monoisotopic (exact) mass is 262 g/mol. The molecule has 1 aromatic rings. The highest BCUT2D eigenvalue weighted by molar-refractivity contribution is 5.49. The van der Waals surface area contributed by atoms with Crippen LogP contribution in [0.4, 0.5) is 5.69 Å². The Morgan fingerprint density at radius 3 is 2.74 bits per heavy atom. The SMILES string of the molecule is CC[C@H](N)c1ccc(N2CCCC2CCCO)cc1. The number of aliphatic hydroxyl groups is 1. The van der Waals surface area contributed by atoms with Gasteiger partial charge < -0.3 is 15.7 Å². The van der Waals surface area contributed by atoms with Gasteiger partial charge in [-0.3, -0.25) is 0 Å². The second-order valence-corrected chi connectivity index (χ2v) is 5.46. The van der Waals surface area contributed by atoms with Gasteiger partial charge in [-0.1, -0.05) is 19.1 Å². The van der Waals surface area contributed by atoms with Gasteiger partial charge in [-0.15, -0.1) is 0 Å². The molecule has 1 heterocycles. The van der Waals surface area contributed by atoms with Gasteiger partial charge in [-0.05, 0) is 49.8 Å². The predicted molar refractivity (Wildman–Crippen MR) is 80.3 cm³/mol. The van der Waals surface area contributed by atoms with Gasteiger partial charge in [-0.25, -0.2) is 0 Å². The molecule has 0 spiro atoms. The number of aliphatic hydroxyl groups excluding tert-OH is 1. The van der Waals surface area contributed by atoms with Crippen LogP contribution >= 0.6 is 0 Å². The Bertz CT molecular complexity index is 377. The molecule has 0 radical (unpaired) electrons. The molecule has 2 atom stereocenters. The Morgan fingerprint density at radius 1 is 1.37 bits per heavy atom. The molecule has 106 valence electrons. The summed E-state index contributed by atoms with van der Waals surface area (Å²) in [5, 5.41) is 8.98. The van der Waals surface area contributed by atoms with Crippen LogP contribution in [0.15, 0.2) is 24.3 Å². The number of nitrogens with two attached hydrogens (primary N) is 1. The smallest absolute Gasteiger partial charge is 0.0431 e. The third-order valence-corrected chi connectivity index (χ3v) is 4.17. The van der Waals surface area contributed by atoms with Crippen molar-refractivity contribution in [3.05, 3.63) is 29.8 Å². The summed E-state index contributed by atoms with van der Waals surface area (Å²) in [4.78, 5) is 2.48. The molecule has 0 bridgehead atoms. The first kappa shape index (κ1) is 14.4. The van der Waals surface area contributed by atoms with Crippen molar-refractivity contribution < 1.29 is 5.11 Å². The van der Waals surface area contributed by atoms with Crippen LogP contribution in [0.2, 0.25) is 0 Å². The Labute approximate surface area is 116 Å². The summed E-state index contributed by atoms with van der Waals surface area (Å²) in [6.45, 7) is 3.55. The molecule has 19 heavy (non-hydrogen) atoms. The van der Waals surface area contributed by atoms with Crippen molar-refractivity contribution in [2.45, 2.75) is 51.1 Å². The van der Waals surface area contributed by atoms with Crippen molar-refractivity contribution in [2.75, 3.05) is 18.1 Å². The first-order chi connectivity index (χ1) is 9.26. The number of rotatable bonds is 6. The Morgan fingerprint density at radius 2 is 2.11 bits per heavy atom. The quantitative estimate of drug-likeness (QED) is 0.829. The fraction of sp³-hybridized carbons (Fsp3) is 0.625. The molecule has 0 saturated carbocycles. The van der Waals surface area contributed by atoms with Crippen LogP contribution in [0, 0.1) is 0 Å². The number of nitrogens with zero attached hydrogens (tertiary/aromatic N) is 1. The molecule has 3 nitrogen and oxygen atoms in total. The summed E-state index contributed by atoms with van der Waals surface area (Å²) < 4.78 is 0. The molecule has 0 aromatic heterocycles. The lowest BCUT2D eigenvalue weighted by Gasteiger charge is -2.27. The van der Waals surface area contributed by atoms with Crippen molar-refractivity contribution >= 4 is 5.69 Å². The molecule has 1 aliphatic rings. The number of hydrogen-bond acceptors (Lipinski definition) is 3. The van der Waals surface area contributed by atoms with Crippen molar-refractivity contribution in [1.29, 1.82) is 0 Å². The minimum absolute atomic E-state index is 0.151. The second-order valence-electron chi connectivity index (χ2n) is 5.46. The fourth-order valence-electron chi connectivity index (χ4n) is 2.95. The zero-order chi connectivity index (χ0) is 13.7. The van der Waals surface area contributed by atoms with E-state index in [2.05, 4.69) is 36.1 Å². The molecule has 1 aliphatic heterocycles. The maximum absolute atomic E-state index is 8.98. The second kappa shape index (κ2) is 6.92. The predicted octanol–water partition coefficient (Wildman–Crippen LogP) is 2.84. The van der Waals surface area contributed by atoms with Gasteiger partial charge in [-0.2, -0.15) is 0 Å². The third-order valence-electron chi connectivity index (χ3n) is 4.17. The molecule has 1 unspecified atom stereocenters. The number of anilines is 1. The van der Waals surface area contributed by atoms with Crippen LogP contribution in [0.5, 0.6) is 0 Å². The number of hydrogen-bond donors (Lipinski definition) is 2. The Kier molecular flexibility index (Phi) is 5.23. The average Bonchev–Trinajstić information content (AvgIpc) is 2.92. The van der Waals surface area contributed by atoms with Crippen LogP contribution in [-0.2, 0) is 0 Å². The van der Waals surface area contributed by atoms with E-state index >= 15 is 0 Å². The normalized spacial score (nSPS) is 20.8. The minimum atomic E-state index is 0.151. The van der Waals surface area contributed by atoms with Crippen LogP contribution in [0.3, 0.4) is 0 Å². The summed E-state index contributed by atoms with van der Waals surface area (Å²) in [6, 6.07) is 9.45. The van der Waals surface area contributed by atoms with E-state index in [-0.39, 0.29) is 6.04 Å². The van der Waals surface area contributed by atoms with Crippen LogP contribution in [0.25, 0.3) is 0 Å². The van der Waals surface area contributed by atoms with Gasteiger partial charge in [0, 0.05) is 30.9 Å². The van der Waals surface area contributed by atoms with E-state index in [1.165, 1.54) is 24.1 Å². The van der Waals surface area contributed by atoms with E-state index < -0.39 is 0 Å². The molecule has 1 aromatic carbocycles. The molecule has 1 fully saturated rings. The van der Waals surface area contributed by atoms with Crippen molar-refractivity contribution in [1.82, 2.24) is 0 Å². The van der Waals surface area contributed by atoms with Crippen LogP contribution in [-0.4, -0.2) is 24.3 Å². The van der Waals surface area contributed by atoms with Crippen LogP contribution in [0.1, 0.15) is 50.6 Å². The maximum Gasteiger partial charge on any atom is 0.0431 e. The van der Waals surface area contributed by atoms with E-state index in [4.69, 9.17) is 10.8 Å². The lowest BCUT2D eigenvalue weighted by atomic mass is 10.0. The highest BCUT2D eigenvalue weighted by Crippen LogP contribution is 2.29. The molecule has 3 N–H and O–H groups in total. The van der Waals surface area contributed by atoms with Gasteiger partial charge in [0.05, 0.1) is 0 Å². The maximum atomic E-state index is 8.98. The van der Waals surface area contributed by atoms with E-state index in [0.717, 1.165) is 25.8 Å². The zero-order valence-corrected chi connectivity index (χ0v) is 11.9. The van der Waals surface area contributed by atoms with Gasteiger partial charge >= 0.3 is 0 Å². The topological polar surface area (TPSA) is 49.5 Å². The average molecular weight is 262 g/mol. The molecule has 2 rings (SSSR count). The first-order valence-corrected chi connectivity index (χ1v) is 7.49. The first-order valence-electron chi connectivity index (χ1n) is 7.49. The lowest BCUT2D eigenvalue weighted by molar-refractivity contribution is 0.279. The molecular formula is C16H26N2O.